The first-order chi connectivity index (χ1) is 12.9. The summed E-state index contributed by atoms with van der Waals surface area (Å²) in [6.07, 6.45) is -3.83. The standard InChI is InChI=1S/C20H20O7/c1-20(24)16(27-18(22)14-10-6-3-7-11-14)15(26-19(20)23)12-25-17(21)13-8-4-2-5-9-13/h2-11,15-16,19,23-24H,12H2,1H3/t15-,16-,19-,20-/m1/s1. The Labute approximate surface area is 156 Å². The van der Waals surface area contributed by atoms with E-state index in [1.54, 1.807) is 60.7 Å². The van der Waals surface area contributed by atoms with Crippen LogP contribution < -0.4 is 0 Å². The van der Waals surface area contributed by atoms with Crippen molar-refractivity contribution in [1.29, 1.82) is 0 Å². The number of hydrogen-bond acceptors (Lipinski definition) is 7. The molecule has 0 spiro atoms. The molecule has 0 unspecified atom stereocenters. The molecule has 142 valence electrons. The first kappa shape index (κ1) is 19.0. The summed E-state index contributed by atoms with van der Waals surface area (Å²) in [7, 11) is 0. The van der Waals surface area contributed by atoms with Crippen molar-refractivity contribution in [2.45, 2.75) is 31.0 Å². The van der Waals surface area contributed by atoms with Crippen molar-refractivity contribution in [3.63, 3.8) is 0 Å². The molecule has 1 saturated heterocycles. The van der Waals surface area contributed by atoms with Crippen molar-refractivity contribution in [2.75, 3.05) is 6.61 Å². The van der Waals surface area contributed by atoms with Gasteiger partial charge in [0.15, 0.2) is 18.0 Å². The van der Waals surface area contributed by atoms with Crippen LogP contribution in [0.25, 0.3) is 0 Å². The highest BCUT2D eigenvalue weighted by atomic mass is 16.7. The van der Waals surface area contributed by atoms with Gasteiger partial charge < -0.3 is 24.4 Å². The monoisotopic (exact) mass is 372 g/mol. The van der Waals surface area contributed by atoms with Gasteiger partial charge in [0.05, 0.1) is 11.1 Å². The maximum Gasteiger partial charge on any atom is 0.338 e. The van der Waals surface area contributed by atoms with Gasteiger partial charge in [-0.1, -0.05) is 36.4 Å². The quantitative estimate of drug-likeness (QED) is 0.768. The molecule has 4 atom stereocenters. The lowest BCUT2D eigenvalue weighted by Gasteiger charge is -2.27. The largest absolute Gasteiger partial charge is 0.459 e. The number of carbonyl (C=O) groups excluding carboxylic acids is 2. The third-order valence-electron chi connectivity index (χ3n) is 4.35. The van der Waals surface area contributed by atoms with Gasteiger partial charge in [0.1, 0.15) is 12.7 Å². The zero-order valence-electron chi connectivity index (χ0n) is 14.6. The van der Waals surface area contributed by atoms with Crippen LogP contribution >= 0.6 is 0 Å². The lowest BCUT2D eigenvalue weighted by molar-refractivity contribution is -0.170. The highest BCUT2D eigenvalue weighted by Crippen LogP contribution is 2.33. The minimum absolute atomic E-state index is 0.287. The molecule has 7 nitrogen and oxygen atoms in total. The van der Waals surface area contributed by atoms with Gasteiger partial charge in [-0.15, -0.1) is 0 Å². The number of ether oxygens (including phenoxy) is 3. The molecule has 0 aromatic heterocycles. The third-order valence-corrected chi connectivity index (χ3v) is 4.35. The fourth-order valence-electron chi connectivity index (χ4n) is 2.79. The Kier molecular flexibility index (Phi) is 5.55. The molecule has 7 heteroatoms. The molecule has 2 aromatic carbocycles. The molecule has 1 aliphatic rings. The SMILES string of the molecule is C[C@]1(O)[C@H](O)O[C@H](COC(=O)c2ccccc2)[C@H]1OC(=O)c1ccccc1. The molecule has 0 radical (unpaired) electrons. The number of hydrogen-bond donors (Lipinski definition) is 2. The Bertz CT molecular complexity index is 788. The van der Waals surface area contributed by atoms with Gasteiger partial charge in [0.25, 0.3) is 0 Å². The van der Waals surface area contributed by atoms with Gasteiger partial charge >= 0.3 is 11.9 Å². The Balaban J connectivity index is 1.69. The lowest BCUT2D eigenvalue weighted by Crippen LogP contribution is -2.48. The van der Waals surface area contributed by atoms with Crippen LogP contribution in [0.2, 0.25) is 0 Å². The number of benzene rings is 2. The van der Waals surface area contributed by atoms with E-state index in [1.165, 1.54) is 6.92 Å². The number of rotatable bonds is 5. The Morgan fingerprint density at radius 2 is 1.52 bits per heavy atom. The van der Waals surface area contributed by atoms with Gasteiger partial charge in [0.2, 0.25) is 0 Å². The van der Waals surface area contributed by atoms with Crippen LogP contribution in [-0.4, -0.2) is 52.9 Å². The Hall–Kier alpha value is -2.74. The zero-order chi connectivity index (χ0) is 19.4. The summed E-state index contributed by atoms with van der Waals surface area (Å²) in [5, 5.41) is 20.4. The van der Waals surface area contributed by atoms with E-state index in [-0.39, 0.29) is 12.2 Å². The van der Waals surface area contributed by atoms with Gasteiger partial charge in [-0.2, -0.15) is 0 Å². The topological polar surface area (TPSA) is 102 Å². The van der Waals surface area contributed by atoms with Gasteiger partial charge in [0, 0.05) is 0 Å². The molecule has 0 bridgehead atoms. The Morgan fingerprint density at radius 3 is 2.07 bits per heavy atom. The van der Waals surface area contributed by atoms with Crippen molar-refractivity contribution in [3.05, 3.63) is 71.8 Å². The van der Waals surface area contributed by atoms with Crippen molar-refractivity contribution in [1.82, 2.24) is 0 Å². The van der Waals surface area contributed by atoms with E-state index in [1.807, 2.05) is 0 Å². The van der Waals surface area contributed by atoms with Crippen LogP contribution in [0.15, 0.2) is 60.7 Å². The fraction of sp³-hybridized carbons (Fsp3) is 0.300. The normalized spacial score (nSPS) is 27.1. The second-order valence-corrected chi connectivity index (χ2v) is 6.41. The van der Waals surface area contributed by atoms with E-state index in [0.29, 0.717) is 5.56 Å². The van der Waals surface area contributed by atoms with E-state index in [9.17, 15) is 19.8 Å². The van der Waals surface area contributed by atoms with Gasteiger partial charge in [-0.05, 0) is 31.2 Å². The molecular weight excluding hydrogens is 352 g/mol. The maximum atomic E-state index is 12.3. The predicted octanol–water partition coefficient (Wildman–Crippen LogP) is 1.54. The van der Waals surface area contributed by atoms with E-state index in [4.69, 9.17) is 14.2 Å². The van der Waals surface area contributed by atoms with Crippen LogP contribution in [0.1, 0.15) is 27.6 Å². The predicted molar refractivity (Wildman–Crippen MR) is 93.9 cm³/mol. The minimum atomic E-state index is -1.85. The van der Waals surface area contributed by atoms with Gasteiger partial charge in [-0.25, -0.2) is 9.59 Å². The average Bonchev–Trinajstić information content (AvgIpc) is 2.90. The molecule has 1 fully saturated rings. The van der Waals surface area contributed by atoms with E-state index in [0.717, 1.165) is 0 Å². The number of aliphatic hydroxyl groups is 2. The molecule has 0 amide bonds. The van der Waals surface area contributed by atoms with Crippen LogP contribution in [0.5, 0.6) is 0 Å². The zero-order valence-corrected chi connectivity index (χ0v) is 14.6. The Morgan fingerprint density at radius 1 is 1.00 bits per heavy atom. The van der Waals surface area contributed by atoms with Crippen molar-refractivity contribution >= 4 is 11.9 Å². The van der Waals surface area contributed by atoms with E-state index >= 15 is 0 Å². The summed E-state index contributed by atoms with van der Waals surface area (Å²) >= 11 is 0. The van der Waals surface area contributed by atoms with Crippen LogP contribution in [0.4, 0.5) is 0 Å². The second-order valence-electron chi connectivity index (χ2n) is 6.41. The second kappa shape index (κ2) is 7.87. The summed E-state index contributed by atoms with van der Waals surface area (Å²) in [6.45, 7) is 0.993. The fourth-order valence-corrected chi connectivity index (χ4v) is 2.79. The third kappa shape index (κ3) is 4.16. The molecule has 3 rings (SSSR count). The van der Waals surface area contributed by atoms with Crippen LogP contribution in [0.3, 0.4) is 0 Å². The van der Waals surface area contributed by atoms with E-state index in [2.05, 4.69) is 0 Å². The number of aliphatic hydroxyl groups excluding tert-OH is 1. The number of esters is 2. The lowest BCUT2D eigenvalue weighted by atomic mass is 9.97. The van der Waals surface area contributed by atoms with Crippen molar-refractivity contribution in [2.24, 2.45) is 0 Å². The highest BCUT2D eigenvalue weighted by molar-refractivity contribution is 5.90. The van der Waals surface area contributed by atoms with Crippen LogP contribution in [-0.2, 0) is 14.2 Å². The first-order valence-corrected chi connectivity index (χ1v) is 8.43. The highest BCUT2D eigenvalue weighted by Gasteiger charge is 2.55. The first-order valence-electron chi connectivity index (χ1n) is 8.43. The van der Waals surface area contributed by atoms with Crippen molar-refractivity contribution in [3.8, 4) is 0 Å². The summed E-state index contributed by atoms with van der Waals surface area (Å²) in [5.74, 6) is -1.27. The molecule has 27 heavy (non-hydrogen) atoms. The summed E-state index contributed by atoms with van der Waals surface area (Å²) < 4.78 is 15.8. The smallest absolute Gasteiger partial charge is 0.338 e. The summed E-state index contributed by atoms with van der Waals surface area (Å²) in [6, 6.07) is 16.6. The van der Waals surface area contributed by atoms with Crippen LogP contribution in [0, 0.1) is 0 Å². The molecule has 0 saturated carbocycles. The minimum Gasteiger partial charge on any atom is -0.459 e. The summed E-state index contributed by atoms with van der Waals surface area (Å²) in [5.41, 5.74) is -1.22. The van der Waals surface area contributed by atoms with Crippen molar-refractivity contribution < 1.29 is 34.0 Å². The summed E-state index contributed by atoms with van der Waals surface area (Å²) in [4.78, 5) is 24.4. The molecule has 2 aromatic rings. The molecule has 1 aliphatic heterocycles. The van der Waals surface area contributed by atoms with E-state index < -0.39 is 36.0 Å². The molecule has 2 N–H and O–H groups in total. The average molecular weight is 372 g/mol. The molecular formula is C20H20O7. The molecule has 1 heterocycles. The molecule has 0 aliphatic carbocycles. The van der Waals surface area contributed by atoms with Gasteiger partial charge in [-0.3, -0.25) is 0 Å². The number of carbonyl (C=O) groups is 2. The maximum absolute atomic E-state index is 12.3.